The molecular formula is C7H15N3O2. The lowest BCUT2D eigenvalue weighted by molar-refractivity contribution is -0.123. The summed E-state index contributed by atoms with van der Waals surface area (Å²) in [7, 11) is 0. The van der Waals surface area contributed by atoms with Crippen molar-refractivity contribution in [3.8, 4) is 0 Å². The van der Waals surface area contributed by atoms with Gasteiger partial charge >= 0.3 is 6.03 Å². The van der Waals surface area contributed by atoms with Gasteiger partial charge in [-0.25, -0.2) is 4.79 Å². The number of imide groups is 1. The molecule has 0 fully saturated rings. The highest BCUT2D eigenvalue weighted by molar-refractivity contribution is 5.94. The average molecular weight is 173 g/mol. The maximum absolute atomic E-state index is 11.1. The molecule has 0 heterocycles. The molecule has 3 amide bonds. The fourth-order valence-corrected chi connectivity index (χ4v) is 0.928. The number of hydrogen-bond acceptors (Lipinski definition) is 3. The van der Waals surface area contributed by atoms with Crippen LogP contribution in [0.1, 0.15) is 19.8 Å². The van der Waals surface area contributed by atoms with Gasteiger partial charge in [-0.05, 0) is 6.42 Å². The molecule has 1 atom stereocenters. The minimum absolute atomic E-state index is 0.243. The van der Waals surface area contributed by atoms with E-state index in [1.165, 1.54) is 0 Å². The molecule has 0 aliphatic rings. The van der Waals surface area contributed by atoms with E-state index in [0.717, 1.165) is 6.42 Å². The summed E-state index contributed by atoms with van der Waals surface area (Å²) in [6, 6.07) is -0.824. The predicted octanol–water partition coefficient (Wildman–Crippen LogP) is -0.444. The molecule has 70 valence electrons. The summed E-state index contributed by atoms with van der Waals surface area (Å²) in [4.78, 5) is 21.4. The van der Waals surface area contributed by atoms with Gasteiger partial charge in [-0.1, -0.05) is 13.3 Å². The molecule has 0 aliphatic heterocycles. The number of urea groups is 1. The van der Waals surface area contributed by atoms with Crippen molar-refractivity contribution in [2.45, 2.75) is 19.8 Å². The van der Waals surface area contributed by atoms with Crippen LogP contribution in [0.3, 0.4) is 0 Å². The summed E-state index contributed by atoms with van der Waals surface area (Å²) in [5, 5.41) is 2.00. The molecule has 5 N–H and O–H groups in total. The van der Waals surface area contributed by atoms with Gasteiger partial charge in [0.1, 0.15) is 0 Å². The van der Waals surface area contributed by atoms with Gasteiger partial charge in [0, 0.05) is 6.54 Å². The Kier molecular flexibility index (Phi) is 5.03. The predicted molar refractivity (Wildman–Crippen MR) is 45.2 cm³/mol. The standard InChI is InChI=1S/C7H15N3O2/c1-2-3-5(4-8)6(11)10-7(9)12/h5H,2-4,8H2,1H3,(H3,9,10,11,12). The Bertz CT molecular complexity index is 170. The average Bonchev–Trinajstić information content (AvgIpc) is 1.98. The third-order valence-corrected chi connectivity index (χ3v) is 1.54. The SMILES string of the molecule is CCCC(CN)C(=O)NC(N)=O. The molecule has 0 bridgehead atoms. The second kappa shape index (κ2) is 5.54. The molecule has 5 nitrogen and oxygen atoms in total. The van der Waals surface area contributed by atoms with Crippen LogP contribution in [0.2, 0.25) is 0 Å². The van der Waals surface area contributed by atoms with Crippen molar-refractivity contribution in [3.63, 3.8) is 0 Å². The number of amides is 3. The van der Waals surface area contributed by atoms with E-state index in [1.54, 1.807) is 0 Å². The molecule has 0 rings (SSSR count). The fourth-order valence-electron chi connectivity index (χ4n) is 0.928. The first-order chi connectivity index (χ1) is 5.61. The van der Waals surface area contributed by atoms with E-state index in [2.05, 4.69) is 0 Å². The van der Waals surface area contributed by atoms with E-state index in [1.807, 2.05) is 12.2 Å². The minimum atomic E-state index is -0.824. The Morgan fingerprint density at radius 2 is 2.08 bits per heavy atom. The van der Waals surface area contributed by atoms with E-state index in [0.29, 0.717) is 6.42 Å². The molecule has 0 saturated heterocycles. The summed E-state index contributed by atoms with van der Waals surface area (Å²) in [6.45, 7) is 2.19. The highest BCUT2D eigenvalue weighted by Crippen LogP contribution is 2.03. The first-order valence-electron chi connectivity index (χ1n) is 3.92. The van der Waals surface area contributed by atoms with Crippen molar-refractivity contribution in [1.29, 1.82) is 0 Å². The molecule has 0 saturated carbocycles. The summed E-state index contributed by atoms with van der Waals surface area (Å²) in [6.07, 6.45) is 1.53. The zero-order valence-corrected chi connectivity index (χ0v) is 7.17. The molecule has 0 aliphatic carbocycles. The summed E-state index contributed by atoms with van der Waals surface area (Å²) >= 11 is 0. The van der Waals surface area contributed by atoms with Gasteiger partial charge in [-0.2, -0.15) is 0 Å². The number of primary amides is 1. The normalized spacial score (nSPS) is 12.2. The maximum atomic E-state index is 11.1. The Balaban J connectivity index is 3.93. The van der Waals surface area contributed by atoms with Crippen LogP contribution >= 0.6 is 0 Å². The Hall–Kier alpha value is -1.10. The van der Waals surface area contributed by atoms with Crippen LogP contribution in [-0.4, -0.2) is 18.5 Å². The lowest BCUT2D eigenvalue weighted by Crippen LogP contribution is -2.41. The van der Waals surface area contributed by atoms with Gasteiger partial charge in [-0.3, -0.25) is 10.1 Å². The molecule has 5 heteroatoms. The number of rotatable bonds is 4. The molecule has 0 spiro atoms. The van der Waals surface area contributed by atoms with Gasteiger partial charge in [0.15, 0.2) is 0 Å². The van der Waals surface area contributed by atoms with Crippen molar-refractivity contribution < 1.29 is 9.59 Å². The van der Waals surface area contributed by atoms with E-state index in [9.17, 15) is 9.59 Å². The van der Waals surface area contributed by atoms with Crippen molar-refractivity contribution in [2.24, 2.45) is 17.4 Å². The Labute approximate surface area is 71.5 Å². The van der Waals surface area contributed by atoms with Gasteiger partial charge in [0.05, 0.1) is 5.92 Å². The van der Waals surface area contributed by atoms with Gasteiger partial charge in [0.25, 0.3) is 0 Å². The topological polar surface area (TPSA) is 98.2 Å². The largest absolute Gasteiger partial charge is 0.351 e. The molecular weight excluding hydrogens is 158 g/mol. The number of carbonyl (C=O) groups is 2. The molecule has 0 radical (unpaired) electrons. The molecule has 12 heavy (non-hydrogen) atoms. The highest BCUT2D eigenvalue weighted by atomic mass is 16.2. The molecule has 0 aromatic heterocycles. The van der Waals surface area contributed by atoms with Crippen LogP contribution in [0.25, 0.3) is 0 Å². The van der Waals surface area contributed by atoms with Crippen LogP contribution in [0.4, 0.5) is 4.79 Å². The van der Waals surface area contributed by atoms with Gasteiger partial charge < -0.3 is 11.5 Å². The Morgan fingerprint density at radius 3 is 2.42 bits per heavy atom. The van der Waals surface area contributed by atoms with Crippen molar-refractivity contribution in [1.82, 2.24) is 5.32 Å². The minimum Gasteiger partial charge on any atom is -0.351 e. The van der Waals surface area contributed by atoms with Crippen LogP contribution in [0.15, 0.2) is 0 Å². The van der Waals surface area contributed by atoms with E-state index < -0.39 is 6.03 Å². The second-order valence-electron chi connectivity index (χ2n) is 2.57. The summed E-state index contributed by atoms with van der Waals surface area (Å²) < 4.78 is 0. The van der Waals surface area contributed by atoms with Crippen molar-refractivity contribution in [3.05, 3.63) is 0 Å². The van der Waals surface area contributed by atoms with Gasteiger partial charge in [-0.15, -0.1) is 0 Å². The smallest absolute Gasteiger partial charge is 0.318 e. The lowest BCUT2D eigenvalue weighted by atomic mass is 10.0. The number of carbonyl (C=O) groups excluding carboxylic acids is 2. The van der Waals surface area contributed by atoms with E-state index >= 15 is 0 Å². The zero-order valence-electron chi connectivity index (χ0n) is 7.17. The quantitative estimate of drug-likeness (QED) is 0.537. The third-order valence-electron chi connectivity index (χ3n) is 1.54. The third kappa shape index (κ3) is 3.92. The first-order valence-corrected chi connectivity index (χ1v) is 3.92. The molecule has 0 aromatic carbocycles. The van der Waals surface area contributed by atoms with Crippen LogP contribution < -0.4 is 16.8 Å². The monoisotopic (exact) mass is 173 g/mol. The van der Waals surface area contributed by atoms with Crippen molar-refractivity contribution in [2.75, 3.05) is 6.54 Å². The van der Waals surface area contributed by atoms with E-state index in [4.69, 9.17) is 11.5 Å². The first kappa shape index (κ1) is 10.9. The number of nitrogens with two attached hydrogens (primary N) is 2. The lowest BCUT2D eigenvalue weighted by Gasteiger charge is -2.11. The highest BCUT2D eigenvalue weighted by Gasteiger charge is 2.16. The van der Waals surface area contributed by atoms with Crippen LogP contribution in [0, 0.1) is 5.92 Å². The second-order valence-corrected chi connectivity index (χ2v) is 2.57. The summed E-state index contributed by atoms with van der Waals surface area (Å²) in [5.74, 6) is -0.686. The molecule has 0 aromatic rings. The summed E-state index contributed by atoms with van der Waals surface area (Å²) in [5.41, 5.74) is 10.1. The van der Waals surface area contributed by atoms with Crippen molar-refractivity contribution >= 4 is 11.9 Å². The van der Waals surface area contributed by atoms with E-state index in [-0.39, 0.29) is 18.4 Å². The zero-order chi connectivity index (χ0) is 9.56. The van der Waals surface area contributed by atoms with Crippen LogP contribution in [0.5, 0.6) is 0 Å². The number of hydrogen-bond donors (Lipinski definition) is 3. The molecule has 1 unspecified atom stereocenters. The maximum Gasteiger partial charge on any atom is 0.318 e. The fraction of sp³-hybridized carbons (Fsp3) is 0.714. The Morgan fingerprint density at radius 1 is 1.50 bits per heavy atom. The van der Waals surface area contributed by atoms with Gasteiger partial charge in [0.2, 0.25) is 5.91 Å². The number of nitrogens with one attached hydrogen (secondary N) is 1. The van der Waals surface area contributed by atoms with Crippen LogP contribution in [-0.2, 0) is 4.79 Å².